The Hall–Kier alpha value is -1.10. The summed E-state index contributed by atoms with van der Waals surface area (Å²) in [4.78, 5) is 7.10. The maximum absolute atomic E-state index is 4.41. The van der Waals surface area contributed by atoms with E-state index in [4.69, 9.17) is 0 Å². The highest BCUT2D eigenvalue weighted by Gasteiger charge is 2.08. The lowest BCUT2D eigenvalue weighted by Crippen LogP contribution is -2.22. The Morgan fingerprint density at radius 3 is 3.06 bits per heavy atom. The Labute approximate surface area is 103 Å². The van der Waals surface area contributed by atoms with Crippen LogP contribution in [-0.4, -0.2) is 33.0 Å². The molecule has 2 aromatic rings. The van der Waals surface area contributed by atoms with Gasteiger partial charge in [-0.3, -0.25) is 0 Å². The number of aromatic nitrogens is 3. The maximum Gasteiger partial charge on any atom is 0.154 e. The van der Waals surface area contributed by atoms with Gasteiger partial charge in [-0.05, 0) is 12.5 Å². The SMILES string of the molecule is CC(Br)CCN(C)c1nccn2nccc12. The molecule has 0 radical (unpaired) electrons. The second-order valence-corrected chi connectivity index (χ2v) is 5.47. The maximum atomic E-state index is 4.41. The molecule has 5 heteroatoms. The average molecular weight is 283 g/mol. The van der Waals surface area contributed by atoms with E-state index in [0.717, 1.165) is 24.3 Å². The quantitative estimate of drug-likeness (QED) is 0.808. The molecule has 2 aromatic heterocycles. The number of halogens is 1. The highest BCUT2D eigenvalue weighted by Crippen LogP contribution is 2.17. The lowest BCUT2D eigenvalue weighted by Gasteiger charge is -2.19. The third kappa shape index (κ3) is 2.35. The number of hydrogen-bond acceptors (Lipinski definition) is 3. The molecule has 4 nitrogen and oxygen atoms in total. The van der Waals surface area contributed by atoms with Crippen molar-refractivity contribution in [3.8, 4) is 0 Å². The molecule has 0 aliphatic carbocycles. The van der Waals surface area contributed by atoms with Gasteiger partial charge in [-0.25, -0.2) is 9.50 Å². The van der Waals surface area contributed by atoms with Gasteiger partial charge >= 0.3 is 0 Å². The molecule has 0 amide bonds. The predicted molar refractivity (Wildman–Crippen MR) is 69.3 cm³/mol. The van der Waals surface area contributed by atoms with Crippen molar-refractivity contribution < 1.29 is 0 Å². The van der Waals surface area contributed by atoms with Gasteiger partial charge in [0.2, 0.25) is 0 Å². The second kappa shape index (κ2) is 4.82. The third-order valence-electron chi connectivity index (χ3n) is 2.53. The number of fused-ring (bicyclic) bond motifs is 1. The van der Waals surface area contributed by atoms with E-state index in [1.807, 2.05) is 16.8 Å². The summed E-state index contributed by atoms with van der Waals surface area (Å²) in [6, 6.07) is 1.98. The van der Waals surface area contributed by atoms with Gasteiger partial charge in [0.1, 0.15) is 5.52 Å². The number of hydrogen-bond donors (Lipinski definition) is 0. The fraction of sp³-hybridized carbons (Fsp3) is 0.455. The molecule has 1 atom stereocenters. The summed E-state index contributed by atoms with van der Waals surface area (Å²) in [5, 5.41) is 4.20. The Kier molecular flexibility index (Phi) is 3.43. The molecule has 0 aromatic carbocycles. The molecule has 0 bridgehead atoms. The van der Waals surface area contributed by atoms with Gasteiger partial charge in [-0.15, -0.1) is 0 Å². The molecular weight excluding hydrogens is 268 g/mol. The van der Waals surface area contributed by atoms with Gasteiger partial charge in [0, 0.05) is 30.8 Å². The summed E-state index contributed by atoms with van der Waals surface area (Å²) >= 11 is 3.55. The van der Waals surface area contributed by atoms with Gasteiger partial charge in [0.15, 0.2) is 5.82 Å². The van der Waals surface area contributed by atoms with Crippen molar-refractivity contribution in [2.75, 3.05) is 18.5 Å². The van der Waals surface area contributed by atoms with Gasteiger partial charge in [0.25, 0.3) is 0 Å². The molecular formula is C11H15BrN4. The third-order valence-corrected chi connectivity index (χ3v) is 2.99. The van der Waals surface area contributed by atoms with E-state index in [9.17, 15) is 0 Å². The standard InChI is InChI=1S/C11H15BrN4/c1-9(12)4-7-15(2)11-10-3-5-14-16(10)8-6-13-11/h3,5-6,8-9H,4,7H2,1-2H3. The van der Waals surface area contributed by atoms with Crippen LogP contribution in [0.3, 0.4) is 0 Å². The van der Waals surface area contributed by atoms with Gasteiger partial charge in [-0.1, -0.05) is 22.9 Å². The van der Waals surface area contributed by atoms with Gasteiger partial charge < -0.3 is 4.90 Å². The van der Waals surface area contributed by atoms with Crippen molar-refractivity contribution in [1.82, 2.24) is 14.6 Å². The van der Waals surface area contributed by atoms with E-state index >= 15 is 0 Å². The zero-order chi connectivity index (χ0) is 11.5. The fourth-order valence-corrected chi connectivity index (χ4v) is 1.82. The summed E-state index contributed by atoms with van der Waals surface area (Å²) in [7, 11) is 2.06. The lowest BCUT2D eigenvalue weighted by molar-refractivity contribution is 0.777. The van der Waals surface area contributed by atoms with E-state index in [2.05, 4.69) is 44.9 Å². The minimum Gasteiger partial charge on any atom is -0.358 e. The molecule has 2 heterocycles. The minimum absolute atomic E-state index is 0.527. The van der Waals surface area contributed by atoms with E-state index in [0.29, 0.717) is 4.83 Å². The average Bonchev–Trinajstić information content (AvgIpc) is 2.73. The van der Waals surface area contributed by atoms with Crippen LogP contribution in [0, 0.1) is 0 Å². The molecule has 2 rings (SSSR count). The monoisotopic (exact) mass is 282 g/mol. The highest BCUT2D eigenvalue weighted by molar-refractivity contribution is 9.09. The second-order valence-electron chi connectivity index (χ2n) is 3.90. The van der Waals surface area contributed by atoms with Crippen molar-refractivity contribution in [2.24, 2.45) is 0 Å². The molecule has 0 fully saturated rings. The van der Waals surface area contributed by atoms with Crippen LogP contribution >= 0.6 is 15.9 Å². The summed E-state index contributed by atoms with van der Waals surface area (Å²) in [6.45, 7) is 3.13. The summed E-state index contributed by atoms with van der Waals surface area (Å²) in [5.41, 5.74) is 1.05. The molecule has 0 aliphatic rings. The number of anilines is 1. The predicted octanol–water partition coefficient (Wildman–Crippen LogP) is 2.34. The van der Waals surface area contributed by atoms with Crippen LogP contribution in [0.15, 0.2) is 24.7 Å². The molecule has 16 heavy (non-hydrogen) atoms. The van der Waals surface area contributed by atoms with Crippen LogP contribution < -0.4 is 4.90 Å². The normalized spacial score (nSPS) is 12.9. The van der Waals surface area contributed by atoms with Gasteiger partial charge in [0.05, 0.1) is 6.20 Å². The number of rotatable bonds is 4. The van der Waals surface area contributed by atoms with Crippen LogP contribution in [0.25, 0.3) is 5.52 Å². The number of alkyl halides is 1. The topological polar surface area (TPSA) is 33.4 Å². The van der Waals surface area contributed by atoms with E-state index in [1.165, 1.54) is 0 Å². The molecule has 0 N–H and O–H groups in total. The molecule has 0 saturated heterocycles. The van der Waals surface area contributed by atoms with Crippen molar-refractivity contribution in [3.63, 3.8) is 0 Å². The minimum atomic E-state index is 0.527. The lowest BCUT2D eigenvalue weighted by atomic mass is 10.3. The van der Waals surface area contributed by atoms with Crippen LogP contribution in [0.5, 0.6) is 0 Å². The van der Waals surface area contributed by atoms with Crippen molar-refractivity contribution >= 4 is 27.3 Å². The van der Waals surface area contributed by atoms with Crippen LogP contribution in [0.1, 0.15) is 13.3 Å². The Morgan fingerprint density at radius 1 is 1.50 bits per heavy atom. The van der Waals surface area contributed by atoms with E-state index in [-0.39, 0.29) is 0 Å². The largest absolute Gasteiger partial charge is 0.358 e. The molecule has 0 aliphatic heterocycles. The van der Waals surface area contributed by atoms with Crippen molar-refractivity contribution in [1.29, 1.82) is 0 Å². The van der Waals surface area contributed by atoms with Gasteiger partial charge in [-0.2, -0.15) is 5.10 Å². The Morgan fingerprint density at radius 2 is 2.31 bits per heavy atom. The zero-order valence-corrected chi connectivity index (χ0v) is 11.1. The van der Waals surface area contributed by atoms with E-state index in [1.54, 1.807) is 12.4 Å². The van der Waals surface area contributed by atoms with E-state index < -0.39 is 0 Å². The molecule has 0 spiro atoms. The first-order chi connectivity index (χ1) is 7.68. The molecule has 0 saturated carbocycles. The van der Waals surface area contributed by atoms with Crippen LogP contribution in [0.2, 0.25) is 0 Å². The number of nitrogens with zero attached hydrogens (tertiary/aromatic N) is 4. The van der Waals surface area contributed by atoms with Crippen molar-refractivity contribution in [3.05, 3.63) is 24.7 Å². The summed E-state index contributed by atoms with van der Waals surface area (Å²) in [6.07, 6.45) is 6.53. The van der Waals surface area contributed by atoms with Crippen LogP contribution in [0.4, 0.5) is 5.82 Å². The Bertz CT molecular complexity index is 466. The Balaban J connectivity index is 2.22. The molecule has 1 unspecified atom stereocenters. The summed E-state index contributed by atoms with van der Waals surface area (Å²) < 4.78 is 1.84. The first-order valence-electron chi connectivity index (χ1n) is 5.32. The summed E-state index contributed by atoms with van der Waals surface area (Å²) in [5.74, 6) is 0.980. The van der Waals surface area contributed by atoms with Crippen molar-refractivity contribution in [2.45, 2.75) is 18.2 Å². The smallest absolute Gasteiger partial charge is 0.154 e. The van der Waals surface area contributed by atoms with Crippen LogP contribution in [-0.2, 0) is 0 Å². The highest BCUT2D eigenvalue weighted by atomic mass is 79.9. The first-order valence-corrected chi connectivity index (χ1v) is 6.23. The fourth-order valence-electron chi connectivity index (χ4n) is 1.61. The zero-order valence-electron chi connectivity index (χ0n) is 9.47. The molecule has 86 valence electrons. The first kappa shape index (κ1) is 11.4.